The summed E-state index contributed by atoms with van der Waals surface area (Å²) in [5.74, 6) is -0.348. The highest BCUT2D eigenvalue weighted by molar-refractivity contribution is 6.62. The second-order valence-electron chi connectivity index (χ2n) is 8.58. The molecule has 0 atom stereocenters. The molecule has 33 heavy (non-hydrogen) atoms. The molecular weight excluding hydrogens is 440 g/mol. The second-order valence-corrected chi connectivity index (χ2v) is 8.58. The van der Waals surface area contributed by atoms with E-state index in [0.717, 1.165) is 18.2 Å². The van der Waals surface area contributed by atoms with Gasteiger partial charge in [0.25, 0.3) is 0 Å². The number of alkyl halides is 3. The van der Waals surface area contributed by atoms with Gasteiger partial charge in [-0.05, 0) is 52.0 Å². The molecule has 0 radical (unpaired) electrons. The largest absolute Gasteiger partial charge is 0.496 e. The molecule has 0 aliphatic carbocycles. The van der Waals surface area contributed by atoms with Gasteiger partial charge in [-0.15, -0.1) is 0 Å². The molecule has 0 bridgehead atoms. The van der Waals surface area contributed by atoms with Crippen molar-refractivity contribution >= 4 is 41.7 Å². The summed E-state index contributed by atoms with van der Waals surface area (Å²) < 4.78 is 51.1. The normalized spacial score (nSPS) is 16.9. The molecule has 3 rings (SSSR count). The summed E-state index contributed by atoms with van der Waals surface area (Å²) in [6, 6.07) is 4.96. The molecule has 1 aromatic carbocycles. The van der Waals surface area contributed by atoms with Crippen molar-refractivity contribution in [2.24, 2.45) is 0 Å². The van der Waals surface area contributed by atoms with Gasteiger partial charge < -0.3 is 19.9 Å². The lowest BCUT2D eigenvalue weighted by atomic mass is 9.80. The van der Waals surface area contributed by atoms with Crippen molar-refractivity contribution < 1.29 is 32.1 Å². The third-order valence-electron chi connectivity index (χ3n) is 5.46. The Balaban J connectivity index is 1.72. The Labute approximate surface area is 189 Å². The minimum absolute atomic E-state index is 0.0229. The number of aromatic nitrogens is 1. The van der Waals surface area contributed by atoms with E-state index < -0.39 is 42.0 Å². The summed E-state index contributed by atoms with van der Waals surface area (Å²) in [6.45, 7) is 8.88. The van der Waals surface area contributed by atoms with Crippen molar-refractivity contribution in [2.45, 2.75) is 52.0 Å². The monoisotopic (exact) mass is 464 g/mol. The number of nitrogens with zero attached hydrogens (tertiary/aromatic N) is 1. The maximum Gasteiger partial charge on any atom is 0.496 e. The average molecular weight is 464 g/mol. The fourth-order valence-electron chi connectivity index (χ4n) is 2.99. The highest BCUT2D eigenvalue weighted by Crippen LogP contribution is 2.36. The fraction of sp³-hybridized carbons (Fsp3) is 0.381. The maximum atomic E-state index is 13.1. The first-order valence-corrected chi connectivity index (χ1v) is 10.1. The predicted molar refractivity (Wildman–Crippen MR) is 118 cm³/mol. The van der Waals surface area contributed by atoms with Crippen molar-refractivity contribution in [3.05, 3.63) is 42.1 Å². The fourth-order valence-corrected chi connectivity index (χ4v) is 2.99. The Morgan fingerprint density at radius 1 is 0.939 bits per heavy atom. The van der Waals surface area contributed by atoms with Gasteiger partial charge in [0.05, 0.1) is 28.1 Å². The van der Waals surface area contributed by atoms with Gasteiger partial charge in [-0.25, -0.2) is 9.78 Å². The molecule has 1 aromatic heterocycles. The predicted octanol–water partition coefficient (Wildman–Crippen LogP) is 4.00. The third kappa shape index (κ3) is 5.63. The molecule has 8 nitrogen and oxygen atoms in total. The van der Waals surface area contributed by atoms with Crippen LogP contribution in [0.1, 0.15) is 40.2 Å². The van der Waals surface area contributed by atoms with Gasteiger partial charge in [0, 0.05) is 18.6 Å². The van der Waals surface area contributed by atoms with E-state index in [9.17, 15) is 22.8 Å². The number of amides is 3. The summed E-state index contributed by atoms with van der Waals surface area (Å²) in [4.78, 5) is 27.9. The van der Waals surface area contributed by atoms with Gasteiger partial charge in [0.15, 0.2) is 0 Å². The van der Waals surface area contributed by atoms with Gasteiger partial charge in [-0.3, -0.25) is 10.1 Å². The number of pyridine rings is 1. The molecule has 3 amide bonds. The van der Waals surface area contributed by atoms with Crippen LogP contribution in [-0.2, 0) is 20.3 Å². The molecule has 3 N–H and O–H groups in total. The van der Waals surface area contributed by atoms with E-state index >= 15 is 0 Å². The van der Waals surface area contributed by atoms with Gasteiger partial charge in [-0.2, -0.15) is 13.2 Å². The van der Waals surface area contributed by atoms with Crippen LogP contribution in [0, 0.1) is 0 Å². The van der Waals surface area contributed by atoms with Crippen molar-refractivity contribution in [1.29, 1.82) is 0 Å². The van der Waals surface area contributed by atoms with Crippen molar-refractivity contribution in [1.82, 2.24) is 4.98 Å². The summed E-state index contributed by atoms with van der Waals surface area (Å²) in [5, 5.41) is 7.14. The van der Waals surface area contributed by atoms with Crippen LogP contribution in [0.3, 0.4) is 0 Å². The number of urea groups is 1. The van der Waals surface area contributed by atoms with Gasteiger partial charge in [-0.1, -0.05) is 6.07 Å². The quantitative estimate of drug-likeness (QED) is 0.594. The molecule has 1 aliphatic heterocycles. The molecule has 176 valence electrons. The van der Waals surface area contributed by atoms with Crippen molar-refractivity contribution in [3.63, 3.8) is 0 Å². The standard InChI is InChI=1S/C21H24BF3N4O4/c1-12(30)27-15-8-6-13(21(23,24)25)10-16(15)28-18(31)29-17-9-7-14(11-26-17)22-32-19(2,3)20(4,5)33-22/h6-11H,1-5H3,(H,27,30)(H2,26,28,29,31). The van der Waals surface area contributed by atoms with Crippen molar-refractivity contribution in [2.75, 3.05) is 16.0 Å². The molecule has 0 saturated carbocycles. The number of hydrogen-bond acceptors (Lipinski definition) is 5. The SMILES string of the molecule is CC(=O)Nc1ccc(C(F)(F)F)cc1NC(=O)Nc1ccc(B2OC(C)(C)C(C)(C)O2)cn1. The molecular formula is C21H24BF3N4O4. The minimum atomic E-state index is -4.62. The van der Waals surface area contributed by atoms with Crippen LogP contribution < -0.4 is 21.4 Å². The molecule has 1 fully saturated rings. The molecule has 0 spiro atoms. The van der Waals surface area contributed by atoms with Crippen LogP contribution in [-0.4, -0.2) is 35.2 Å². The summed E-state index contributed by atoms with van der Waals surface area (Å²) >= 11 is 0. The van der Waals surface area contributed by atoms with Gasteiger partial charge in [0.2, 0.25) is 5.91 Å². The van der Waals surface area contributed by atoms with Crippen molar-refractivity contribution in [3.8, 4) is 0 Å². The summed E-state index contributed by atoms with van der Waals surface area (Å²) in [7, 11) is -0.629. The summed E-state index contributed by atoms with van der Waals surface area (Å²) in [5.41, 5.74) is -1.57. The van der Waals surface area contributed by atoms with E-state index in [4.69, 9.17) is 9.31 Å². The second kappa shape index (κ2) is 8.67. The van der Waals surface area contributed by atoms with E-state index in [1.54, 1.807) is 6.07 Å². The molecule has 1 aliphatic rings. The van der Waals surface area contributed by atoms with E-state index in [2.05, 4.69) is 20.9 Å². The first-order chi connectivity index (χ1) is 15.2. The molecule has 12 heteroatoms. The highest BCUT2D eigenvalue weighted by Gasteiger charge is 2.51. The lowest BCUT2D eigenvalue weighted by molar-refractivity contribution is -0.137. The zero-order valence-corrected chi connectivity index (χ0v) is 18.8. The Hall–Kier alpha value is -3.12. The average Bonchev–Trinajstić information content (AvgIpc) is 2.89. The summed E-state index contributed by atoms with van der Waals surface area (Å²) in [6.07, 6.45) is -3.14. The van der Waals surface area contributed by atoms with Crippen LogP contribution in [0.15, 0.2) is 36.5 Å². The first-order valence-electron chi connectivity index (χ1n) is 10.1. The number of hydrogen-bond donors (Lipinski definition) is 3. The van der Waals surface area contributed by atoms with Crippen LogP contribution in [0.25, 0.3) is 0 Å². The minimum Gasteiger partial charge on any atom is -0.399 e. The van der Waals surface area contributed by atoms with Crippen LogP contribution in [0.5, 0.6) is 0 Å². The molecule has 0 unspecified atom stereocenters. The van der Waals surface area contributed by atoms with E-state index in [1.807, 2.05) is 27.7 Å². The number of halogens is 3. The Morgan fingerprint density at radius 3 is 2.09 bits per heavy atom. The number of benzene rings is 1. The lowest BCUT2D eigenvalue weighted by Gasteiger charge is -2.32. The number of rotatable bonds is 4. The third-order valence-corrected chi connectivity index (χ3v) is 5.46. The van der Waals surface area contributed by atoms with E-state index in [1.165, 1.54) is 19.2 Å². The Kier molecular flexibility index (Phi) is 6.45. The highest BCUT2D eigenvalue weighted by atomic mass is 19.4. The maximum absolute atomic E-state index is 13.1. The zero-order chi connectivity index (χ0) is 24.6. The zero-order valence-electron chi connectivity index (χ0n) is 18.8. The van der Waals surface area contributed by atoms with Crippen LogP contribution >= 0.6 is 0 Å². The molecule has 1 saturated heterocycles. The molecule has 2 heterocycles. The first kappa shape index (κ1) is 24.5. The number of carbonyl (C=O) groups excluding carboxylic acids is 2. The van der Waals surface area contributed by atoms with E-state index in [-0.39, 0.29) is 17.2 Å². The Morgan fingerprint density at radius 2 is 1.58 bits per heavy atom. The lowest BCUT2D eigenvalue weighted by Crippen LogP contribution is -2.41. The van der Waals surface area contributed by atoms with Gasteiger partial charge in [0.1, 0.15) is 5.82 Å². The molecule has 2 aromatic rings. The van der Waals surface area contributed by atoms with Crippen LogP contribution in [0.2, 0.25) is 0 Å². The number of carbonyl (C=O) groups is 2. The van der Waals surface area contributed by atoms with Crippen LogP contribution in [0.4, 0.5) is 35.2 Å². The number of anilines is 3. The Bertz CT molecular complexity index is 1040. The smallest absolute Gasteiger partial charge is 0.399 e. The number of nitrogens with one attached hydrogen (secondary N) is 3. The van der Waals surface area contributed by atoms with E-state index in [0.29, 0.717) is 5.46 Å². The topological polar surface area (TPSA) is 102 Å². The van der Waals surface area contributed by atoms with Gasteiger partial charge >= 0.3 is 19.3 Å².